The van der Waals surface area contributed by atoms with Crippen LogP contribution in [0.2, 0.25) is 0 Å². The summed E-state index contributed by atoms with van der Waals surface area (Å²) in [7, 11) is 0. The molecule has 8 aromatic heterocycles. The van der Waals surface area contributed by atoms with Crippen molar-refractivity contribution in [2.24, 2.45) is 0 Å². The second kappa shape index (κ2) is 27.7. The van der Waals surface area contributed by atoms with Crippen molar-refractivity contribution in [3.05, 3.63) is 425 Å². The summed E-state index contributed by atoms with van der Waals surface area (Å²) in [5, 5.41) is 14.5. The molecule has 25 rings (SSSR count). The third kappa shape index (κ3) is 10.9. The normalized spacial score (nSPS) is 11.8. The van der Waals surface area contributed by atoms with Crippen molar-refractivity contribution in [3.63, 3.8) is 0 Å². The molecule has 0 atom stereocenters. The summed E-state index contributed by atoms with van der Waals surface area (Å²) in [5.41, 5.74) is 27.4. The fraction of sp³-hybridized carbons (Fsp3) is 0. The maximum Gasteiger partial charge on any atom is 0.164 e. The molecule has 0 saturated carbocycles. The van der Waals surface area contributed by atoms with Crippen molar-refractivity contribution in [2.45, 2.75) is 0 Å². The van der Waals surface area contributed by atoms with Gasteiger partial charge in [-0.1, -0.05) is 303 Å². The van der Waals surface area contributed by atoms with Crippen molar-refractivity contribution in [1.29, 1.82) is 0 Å². The molecule has 0 fully saturated rings. The van der Waals surface area contributed by atoms with Crippen LogP contribution in [0.3, 0.4) is 0 Å². The van der Waals surface area contributed by atoms with Gasteiger partial charge in [-0.2, -0.15) is 0 Å². The highest BCUT2D eigenvalue weighted by atomic mass is 15.1. The van der Waals surface area contributed by atoms with Gasteiger partial charge in [-0.15, -0.1) is 0 Å². The van der Waals surface area contributed by atoms with E-state index in [9.17, 15) is 0 Å². The highest BCUT2D eigenvalue weighted by molar-refractivity contribution is 6.26. The highest BCUT2D eigenvalue weighted by Crippen LogP contribution is 2.47. The number of hydrogen-bond donors (Lipinski definition) is 0. The molecule has 10 nitrogen and oxygen atoms in total. The van der Waals surface area contributed by atoms with Gasteiger partial charge in [0, 0.05) is 121 Å². The molecule has 17 aromatic carbocycles. The molecule has 120 heavy (non-hydrogen) atoms. The number of pyridine rings is 1. The van der Waals surface area contributed by atoms with Crippen LogP contribution < -0.4 is 0 Å². The number of benzene rings is 17. The smallest absolute Gasteiger partial charge is 0.164 e. The van der Waals surface area contributed by atoms with Crippen LogP contribution in [-0.4, -0.2) is 47.3 Å². The van der Waals surface area contributed by atoms with Gasteiger partial charge >= 0.3 is 0 Å². The second-order valence-electron chi connectivity index (χ2n) is 30.8. The van der Waals surface area contributed by atoms with E-state index in [1.807, 2.05) is 60.7 Å². The zero-order valence-electron chi connectivity index (χ0n) is 64.9. The number of hydrogen-bond acceptors (Lipinski definition) is 4. The Morgan fingerprint density at radius 1 is 0.133 bits per heavy atom. The molecule has 0 aliphatic rings. The minimum absolute atomic E-state index is 0.618. The monoisotopic (exact) mass is 1530 g/mol. The van der Waals surface area contributed by atoms with Gasteiger partial charge in [0.1, 0.15) is 0 Å². The zero-order chi connectivity index (χ0) is 78.9. The molecule has 8 heterocycles. The van der Waals surface area contributed by atoms with Crippen LogP contribution in [0.15, 0.2) is 425 Å². The lowest BCUT2D eigenvalue weighted by atomic mass is 10.1. The lowest BCUT2D eigenvalue weighted by Crippen LogP contribution is -2.01. The van der Waals surface area contributed by atoms with Crippen LogP contribution in [0.25, 0.3) is 222 Å². The van der Waals surface area contributed by atoms with Crippen molar-refractivity contribution < 1.29 is 0 Å². The average molecular weight is 1530 g/mol. The van der Waals surface area contributed by atoms with E-state index >= 15 is 0 Å². The van der Waals surface area contributed by atoms with E-state index in [1.54, 1.807) is 0 Å². The molecule has 25 aromatic rings. The predicted octanol–water partition coefficient (Wildman–Crippen LogP) is 27.9. The quantitative estimate of drug-likeness (QED) is 0.129. The minimum atomic E-state index is 0.618. The third-order valence-electron chi connectivity index (χ3n) is 24.1. The van der Waals surface area contributed by atoms with Crippen molar-refractivity contribution in [1.82, 2.24) is 47.3 Å². The summed E-state index contributed by atoms with van der Waals surface area (Å²) in [6.45, 7) is 0. The maximum absolute atomic E-state index is 5.26. The van der Waals surface area contributed by atoms with Gasteiger partial charge in [0.2, 0.25) is 0 Å². The van der Waals surface area contributed by atoms with E-state index < -0.39 is 0 Å². The third-order valence-corrected chi connectivity index (χ3v) is 24.1. The lowest BCUT2D eigenvalue weighted by Gasteiger charge is -2.15. The van der Waals surface area contributed by atoms with E-state index in [4.69, 9.17) is 19.9 Å². The van der Waals surface area contributed by atoms with Crippen LogP contribution in [0.4, 0.5) is 0 Å². The Morgan fingerprint density at radius 2 is 0.383 bits per heavy atom. The fourth-order valence-electron chi connectivity index (χ4n) is 18.9. The predicted molar refractivity (Wildman–Crippen MR) is 497 cm³/mol. The Kier molecular flexibility index (Phi) is 15.7. The Labute approximate surface area is 689 Å². The van der Waals surface area contributed by atoms with E-state index in [2.05, 4.69) is 391 Å². The number of rotatable bonds is 11. The molecule has 0 aliphatic carbocycles. The van der Waals surface area contributed by atoms with E-state index in [-0.39, 0.29) is 0 Å². The standard InChI is InChI=1S/C57H36N6.C53H34N4/c1-4-17-37(18-5-1)55-58-56(38-19-6-2-7-20-38)60-57(59-55)39-21-16-24-41(35-39)62-50-29-14-10-25-43(50)46-32-33-47-44-26-11-15-30-51(44)63(54(47)53(46)62)42-31-34-52-48(36-42)45-27-12-13-28-49(45)61(52)40-22-8-3-9-23-40;1-4-16-35(17-5-1)46-33-39(34-47(54-46)36-18-6-2-7-19-36)57-50-27-15-11-23-41(50)44-30-29-43-40-22-10-14-26-49(40)56(52(43)53(44)57)38-28-31-51-45(32-38)42-24-12-13-25-48(42)55(51)37-20-8-3-9-21-37/h1-36H;1-34H. The summed E-state index contributed by atoms with van der Waals surface area (Å²) in [6, 6.07) is 152. The van der Waals surface area contributed by atoms with E-state index in [0.717, 1.165) is 101 Å². The Balaban J connectivity index is 0.000000137. The van der Waals surface area contributed by atoms with E-state index in [1.165, 1.54) is 103 Å². The molecule has 0 spiro atoms. The Bertz CT molecular complexity index is 8270. The molecule has 0 bridgehead atoms. The molecule has 0 saturated heterocycles. The Hall–Kier alpha value is -16.3. The summed E-state index contributed by atoms with van der Waals surface area (Å²) < 4.78 is 14.6. The minimum Gasteiger partial charge on any atom is -0.309 e. The van der Waals surface area contributed by atoms with Crippen LogP contribution in [-0.2, 0) is 0 Å². The lowest BCUT2D eigenvalue weighted by molar-refractivity contribution is 1.07. The van der Waals surface area contributed by atoms with Crippen molar-refractivity contribution in [2.75, 3.05) is 0 Å². The molecule has 0 amide bonds. The summed E-state index contributed by atoms with van der Waals surface area (Å²) in [5.74, 6) is 1.89. The first kappa shape index (κ1) is 68.1. The largest absolute Gasteiger partial charge is 0.309 e. The van der Waals surface area contributed by atoms with Gasteiger partial charge in [0.15, 0.2) is 17.5 Å². The fourth-order valence-corrected chi connectivity index (χ4v) is 18.9. The second-order valence-corrected chi connectivity index (χ2v) is 30.8. The summed E-state index contributed by atoms with van der Waals surface area (Å²) in [6.07, 6.45) is 0. The molecule has 0 N–H and O–H groups in total. The van der Waals surface area contributed by atoms with Crippen LogP contribution in [0.5, 0.6) is 0 Å². The van der Waals surface area contributed by atoms with Gasteiger partial charge in [-0.25, -0.2) is 19.9 Å². The number of fused-ring (bicyclic) bond motifs is 20. The number of aromatic nitrogens is 10. The van der Waals surface area contributed by atoms with Gasteiger partial charge in [-0.3, -0.25) is 0 Å². The average Bonchev–Trinajstić information content (AvgIpc) is 1.54. The summed E-state index contributed by atoms with van der Waals surface area (Å²) in [4.78, 5) is 20.4. The zero-order valence-corrected chi connectivity index (χ0v) is 64.9. The Morgan fingerprint density at radius 3 is 0.733 bits per heavy atom. The first-order valence-electron chi connectivity index (χ1n) is 40.8. The first-order valence-corrected chi connectivity index (χ1v) is 40.8. The maximum atomic E-state index is 5.26. The van der Waals surface area contributed by atoms with Gasteiger partial charge in [0.05, 0.1) is 83.3 Å². The van der Waals surface area contributed by atoms with Crippen molar-refractivity contribution >= 4 is 131 Å². The van der Waals surface area contributed by atoms with Crippen LogP contribution >= 0.6 is 0 Å². The van der Waals surface area contributed by atoms with Gasteiger partial charge in [-0.05, 0) is 121 Å². The van der Waals surface area contributed by atoms with Crippen LogP contribution in [0.1, 0.15) is 0 Å². The number of para-hydroxylation sites is 8. The SMILES string of the molecule is c1ccc(-c2cc(-n3c4ccccc4c4ccc5c6ccccc6n(-c6ccc7c(c6)c6ccccc6n7-c6ccccc6)c5c43)cc(-c3ccccc3)n2)cc1.c1ccc(-c2nc(-c3ccccc3)nc(-c3cccc(-n4c5ccccc5c5ccc6c7ccccc7n(-c7ccc8c(c7)c7ccccc7n8-c7ccccc7)c6c54)c3)n2)cc1. The molecule has 560 valence electrons. The molecular weight excluding hydrogens is 1460 g/mol. The first-order chi connectivity index (χ1) is 59.6. The molecule has 0 radical (unpaired) electrons. The van der Waals surface area contributed by atoms with Gasteiger partial charge < -0.3 is 27.4 Å². The molecule has 0 unspecified atom stereocenters. The molecule has 10 heteroatoms. The molecular formula is C110H70N10. The van der Waals surface area contributed by atoms with E-state index in [0.29, 0.717) is 17.5 Å². The summed E-state index contributed by atoms with van der Waals surface area (Å²) >= 11 is 0. The van der Waals surface area contributed by atoms with Crippen LogP contribution in [0, 0.1) is 0 Å². The number of nitrogens with zero attached hydrogens (tertiary/aromatic N) is 10. The topological polar surface area (TPSA) is 81.1 Å². The van der Waals surface area contributed by atoms with Gasteiger partial charge in [0.25, 0.3) is 0 Å². The molecule has 0 aliphatic heterocycles. The highest BCUT2D eigenvalue weighted by Gasteiger charge is 2.27. The van der Waals surface area contributed by atoms with Crippen molar-refractivity contribution in [3.8, 4) is 90.8 Å².